The molecular weight excluding hydrogens is 336 g/mol. The molecule has 0 aromatic rings. The zero-order valence-corrected chi connectivity index (χ0v) is 15.2. The second kappa shape index (κ2) is 6.21. The summed E-state index contributed by atoms with van der Waals surface area (Å²) in [5, 5.41) is 22.0. The summed E-state index contributed by atoms with van der Waals surface area (Å²) >= 11 is 0. The Morgan fingerprint density at radius 3 is 2.50 bits per heavy atom. The van der Waals surface area contributed by atoms with Gasteiger partial charge in [0.25, 0.3) is 5.79 Å². The Morgan fingerprint density at radius 2 is 1.92 bits per heavy atom. The van der Waals surface area contributed by atoms with Crippen molar-refractivity contribution in [3.8, 4) is 0 Å². The number of aliphatic hydroxyl groups is 2. The van der Waals surface area contributed by atoms with Crippen molar-refractivity contribution in [2.45, 2.75) is 51.6 Å². The lowest BCUT2D eigenvalue weighted by atomic mass is 9.82. The van der Waals surface area contributed by atoms with Crippen LogP contribution >= 0.6 is 0 Å². The van der Waals surface area contributed by atoms with Crippen molar-refractivity contribution >= 4 is 11.8 Å². The first-order valence-corrected chi connectivity index (χ1v) is 8.65. The molecule has 5 unspecified atom stereocenters. The molecule has 0 aromatic heterocycles. The van der Waals surface area contributed by atoms with Crippen LogP contribution in [0.1, 0.15) is 33.6 Å². The van der Waals surface area contributed by atoms with Crippen molar-refractivity contribution in [1.29, 1.82) is 0 Å². The lowest BCUT2D eigenvalue weighted by Crippen LogP contribution is -2.50. The van der Waals surface area contributed by atoms with Gasteiger partial charge < -0.3 is 19.7 Å². The first-order chi connectivity index (χ1) is 12.1. The summed E-state index contributed by atoms with van der Waals surface area (Å²) < 4.78 is 11.1. The number of carbonyl (C=O) groups excluding carboxylic acids is 2. The number of Topliss-reactive ketones (excluding diaryl/α,β-unsaturated/α-hetero) is 1. The van der Waals surface area contributed by atoms with E-state index >= 15 is 0 Å². The Balaban J connectivity index is 2.15. The molecule has 0 amide bonds. The maximum Gasteiger partial charge on any atom is 0.334 e. The van der Waals surface area contributed by atoms with Crippen LogP contribution in [0, 0.1) is 11.8 Å². The Kier molecular flexibility index (Phi) is 4.45. The Labute approximate surface area is 152 Å². The molecule has 140 valence electrons. The van der Waals surface area contributed by atoms with Gasteiger partial charge in [0, 0.05) is 17.1 Å². The molecule has 3 heterocycles. The second-order valence-corrected chi connectivity index (χ2v) is 7.44. The molecule has 3 rings (SSSR count). The molecular formula is C20H24O6. The third-order valence-corrected chi connectivity index (χ3v) is 5.46. The third kappa shape index (κ3) is 2.64. The van der Waals surface area contributed by atoms with E-state index in [0.29, 0.717) is 29.6 Å². The molecule has 6 heteroatoms. The molecule has 0 saturated carbocycles. The van der Waals surface area contributed by atoms with Gasteiger partial charge >= 0.3 is 5.97 Å². The summed E-state index contributed by atoms with van der Waals surface area (Å²) in [5.74, 6) is -4.77. The summed E-state index contributed by atoms with van der Waals surface area (Å²) in [4.78, 5) is 25.1. The Bertz CT molecular complexity index is 773. The summed E-state index contributed by atoms with van der Waals surface area (Å²) in [5.41, 5.74) is 1.75. The van der Waals surface area contributed by atoms with E-state index in [4.69, 9.17) is 9.47 Å². The van der Waals surface area contributed by atoms with Gasteiger partial charge in [0.2, 0.25) is 5.78 Å². The van der Waals surface area contributed by atoms with Gasteiger partial charge in [0.15, 0.2) is 0 Å². The molecule has 0 radical (unpaired) electrons. The predicted octanol–water partition coefficient (Wildman–Crippen LogP) is 1.94. The van der Waals surface area contributed by atoms with E-state index in [1.165, 1.54) is 6.92 Å². The highest BCUT2D eigenvalue weighted by atomic mass is 16.6. The van der Waals surface area contributed by atoms with Crippen LogP contribution < -0.4 is 0 Å². The summed E-state index contributed by atoms with van der Waals surface area (Å²) in [6.45, 7) is 12.7. The van der Waals surface area contributed by atoms with E-state index in [-0.39, 0.29) is 11.3 Å². The van der Waals surface area contributed by atoms with Gasteiger partial charge in [-0.1, -0.05) is 24.3 Å². The highest BCUT2D eigenvalue weighted by Crippen LogP contribution is 2.45. The molecule has 6 nitrogen and oxygen atoms in total. The average Bonchev–Trinajstić information content (AvgIpc) is 2.99. The molecule has 0 saturated heterocycles. The topological polar surface area (TPSA) is 93.1 Å². The maximum atomic E-state index is 12.8. The minimum Gasteiger partial charge on any atom is -0.455 e. The molecule has 0 spiro atoms. The number of esters is 1. The molecule has 0 aromatic carbocycles. The largest absolute Gasteiger partial charge is 0.455 e. The smallest absolute Gasteiger partial charge is 0.334 e. The fourth-order valence-electron chi connectivity index (χ4n) is 4.01. The normalized spacial score (nSPS) is 36.9. The number of aliphatic hydroxyl groups excluding tert-OH is 1. The van der Waals surface area contributed by atoms with E-state index in [1.807, 2.05) is 0 Å². The van der Waals surface area contributed by atoms with Gasteiger partial charge in [-0.15, -0.1) is 0 Å². The van der Waals surface area contributed by atoms with Crippen molar-refractivity contribution in [2.24, 2.45) is 11.8 Å². The SMILES string of the molecule is C=C(C)C1CCC2=CC(OC2=O)C(C(=C)C)C2(O)OC(=C(C)C2=O)C1O. The molecule has 3 aliphatic heterocycles. The van der Waals surface area contributed by atoms with Crippen LogP contribution in [-0.4, -0.2) is 40.0 Å². The summed E-state index contributed by atoms with van der Waals surface area (Å²) in [6.07, 6.45) is 0.468. The van der Waals surface area contributed by atoms with Gasteiger partial charge in [0.05, 0.1) is 5.92 Å². The number of ether oxygens (including phenoxy) is 2. The number of carbonyl (C=O) groups is 2. The predicted molar refractivity (Wildman–Crippen MR) is 93.6 cm³/mol. The minimum atomic E-state index is -2.27. The molecule has 0 aliphatic carbocycles. The molecule has 26 heavy (non-hydrogen) atoms. The zero-order valence-electron chi connectivity index (χ0n) is 15.2. The van der Waals surface area contributed by atoms with E-state index < -0.39 is 41.6 Å². The van der Waals surface area contributed by atoms with E-state index in [1.54, 1.807) is 19.9 Å². The lowest BCUT2D eigenvalue weighted by Gasteiger charge is -2.35. The number of ketones is 1. The fourth-order valence-corrected chi connectivity index (χ4v) is 4.01. The van der Waals surface area contributed by atoms with E-state index in [9.17, 15) is 19.8 Å². The summed E-state index contributed by atoms with van der Waals surface area (Å²) in [7, 11) is 0. The minimum absolute atomic E-state index is 0.0471. The molecule has 2 N–H and O–H groups in total. The highest BCUT2D eigenvalue weighted by Gasteiger charge is 2.58. The van der Waals surface area contributed by atoms with Crippen LogP contribution in [0.5, 0.6) is 0 Å². The molecule has 5 atom stereocenters. The number of hydrogen-bond donors (Lipinski definition) is 2. The van der Waals surface area contributed by atoms with Crippen LogP contribution in [0.2, 0.25) is 0 Å². The Hall–Kier alpha value is -2.18. The summed E-state index contributed by atoms with van der Waals surface area (Å²) in [6, 6.07) is 0. The molecule has 4 bridgehead atoms. The van der Waals surface area contributed by atoms with Crippen LogP contribution in [-0.2, 0) is 19.1 Å². The first-order valence-electron chi connectivity index (χ1n) is 8.65. The van der Waals surface area contributed by atoms with Crippen molar-refractivity contribution in [2.75, 3.05) is 0 Å². The number of hydrogen-bond acceptors (Lipinski definition) is 6. The van der Waals surface area contributed by atoms with Crippen LogP contribution in [0.25, 0.3) is 0 Å². The van der Waals surface area contributed by atoms with Crippen molar-refractivity contribution in [3.05, 3.63) is 47.3 Å². The van der Waals surface area contributed by atoms with Crippen molar-refractivity contribution < 1.29 is 29.3 Å². The lowest BCUT2D eigenvalue weighted by molar-refractivity contribution is -0.210. The number of rotatable bonds is 2. The molecule has 0 fully saturated rings. The van der Waals surface area contributed by atoms with Gasteiger partial charge in [-0.2, -0.15) is 0 Å². The van der Waals surface area contributed by atoms with Gasteiger partial charge in [-0.25, -0.2) is 4.79 Å². The Morgan fingerprint density at radius 1 is 1.27 bits per heavy atom. The monoisotopic (exact) mass is 360 g/mol. The zero-order chi connectivity index (χ0) is 19.4. The quantitative estimate of drug-likeness (QED) is 0.577. The van der Waals surface area contributed by atoms with Crippen LogP contribution in [0.15, 0.2) is 47.3 Å². The van der Waals surface area contributed by atoms with Crippen molar-refractivity contribution in [3.63, 3.8) is 0 Å². The van der Waals surface area contributed by atoms with Crippen LogP contribution in [0.4, 0.5) is 0 Å². The fraction of sp³-hybridized carbons (Fsp3) is 0.500. The van der Waals surface area contributed by atoms with E-state index in [2.05, 4.69) is 13.2 Å². The van der Waals surface area contributed by atoms with Crippen molar-refractivity contribution in [1.82, 2.24) is 0 Å². The van der Waals surface area contributed by atoms with E-state index in [0.717, 1.165) is 0 Å². The average molecular weight is 360 g/mol. The van der Waals surface area contributed by atoms with Crippen LogP contribution in [0.3, 0.4) is 0 Å². The third-order valence-electron chi connectivity index (χ3n) is 5.46. The highest BCUT2D eigenvalue weighted by molar-refractivity contribution is 6.03. The first kappa shape index (κ1) is 18.6. The molecule has 3 aliphatic rings. The second-order valence-electron chi connectivity index (χ2n) is 7.44. The standard InChI is InChI=1S/C20H24O6/c1-9(2)13-7-6-12-8-14(25-19(12)23)15(10(3)4)20(24)18(22)11(5)17(26-20)16(13)21/h8,13-16,21,24H,1,3,6-7H2,2,4-5H3. The number of fused-ring (bicyclic) bond motifs is 3. The maximum absolute atomic E-state index is 12.8. The van der Waals surface area contributed by atoms with Gasteiger partial charge in [-0.05, 0) is 39.7 Å². The van der Waals surface area contributed by atoms with Gasteiger partial charge in [-0.3, -0.25) is 4.79 Å². The van der Waals surface area contributed by atoms with Gasteiger partial charge in [0.1, 0.15) is 18.0 Å².